The number of ether oxygens (including phenoxy) is 1. The Morgan fingerprint density at radius 3 is 2.62 bits per heavy atom. The second-order valence-electron chi connectivity index (χ2n) is 7.44. The normalized spacial score (nSPS) is 17.1. The molecule has 29 heavy (non-hydrogen) atoms. The highest BCUT2D eigenvalue weighted by Crippen LogP contribution is 2.32. The molecule has 1 aromatic carbocycles. The fourth-order valence-electron chi connectivity index (χ4n) is 3.04. The first-order chi connectivity index (χ1) is 13.7. The van der Waals surface area contributed by atoms with Gasteiger partial charge in [-0.05, 0) is 64.5 Å². The van der Waals surface area contributed by atoms with Gasteiger partial charge in [-0.15, -0.1) is 11.6 Å². The molecule has 0 aliphatic carbocycles. The number of esters is 1. The molecule has 1 aromatic rings. The number of amides is 1. The third-order valence-corrected chi connectivity index (χ3v) is 5.84. The highest BCUT2D eigenvalue weighted by atomic mass is 35.5. The zero-order valence-electron chi connectivity index (χ0n) is 17.5. The minimum absolute atomic E-state index is 0.175. The van der Waals surface area contributed by atoms with E-state index in [-0.39, 0.29) is 24.4 Å². The molecule has 1 amide bonds. The summed E-state index contributed by atoms with van der Waals surface area (Å²) in [5.41, 5.74) is 1.99. The van der Waals surface area contributed by atoms with E-state index in [4.69, 9.17) is 28.6 Å². The summed E-state index contributed by atoms with van der Waals surface area (Å²) >= 11 is 11.4. The number of thiocarbonyl (C=S) groups is 1. The van der Waals surface area contributed by atoms with Crippen LogP contribution in [0, 0.1) is 5.41 Å². The van der Waals surface area contributed by atoms with Crippen molar-refractivity contribution in [3.8, 4) is 0 Å². The number of nitrogens with zero attached hydrogens (tertiary/aromatic N) is 1. The number of benzene rings is 1. The number of carbonyl (C=O) groups excluding carboxylic acids is 2. The number of hydrogen-bond acceptors (Lipinski definition) is 4. The standard InChI is InChI=1S/C21H28ClN3O3S/c1-6-25-13(3)16(18(26)28-7-2)17(24-20(25)29)14-9-8-10-15(11-14)23-19(27)21(4,5)12-22/h8-11,17H,6-7,12H2,1-5H3,(H,23,27)(H,24,29). The summed E-state index contributed by atoms with van der Waals surface area (Å²) < 4.78 is 5.29. The highest BCUT2D eigenvalue weighted by molar-refractivity contribution is 7.80. The number of carbonyl (C=O) groups is 2. The molecule has 1 atom stereocenters. The van der Waals surface area contributed by atoms with E-state index in [2.05, 4.69) is 10.6 Å². The largest absolute Gasteiger partial charge is 0.463 e. The van der Waals surface area contributed by atoms with Crippen LogP contribution in [0.25, 0.3) is 0 Å². The highest BCUT2D eigenvalue weighted by Gasteiger charge is 2.34. The SMILES string of the molecule is CCOC(=O)C1=C(C)N(CC)C(=S)NC1c1cccc(NC(=O)C(C)(C)CCl)c1. The molecule has 8 heteroatoms. The van der Waals surface area contributed by atoms with Crippen LogP contribution in [0.2, 0.25) is 0 Å². The van der Waals surface area contributed by atoms with Crippen LogP contribution in [-0.2, 0) is 14.3 Å². The molecule has 158 valence electrons. The van der Waals surface area contributed by atoms with Crippen LogP contribution in [0.3, 0.4) is 0 Å². The Hall–Kier alpha value is -2.12. The molecular formula is C21H28ClN3O3S. The second kappa shape index (κ2) is 9.59. The number of alkyl halides is 1. The molecule has 0 aromatic heterocycles. The average molecular weight is 438 g/mol. The maximum absolute atomic E-state index is 12.7. The van der Waals surface area contributed by atoms with E-state index in [1.165, 1.54) is 0 Å². The van der Waals surface area contributed by atoms with E-state index in [0.717, 1.165) is 11.3 Å². The Morgan fingerprint density at radius 2 is 2.03 bits per heavy atom. The Labute approximate surface area is 182 Å². The van der Waals surface area contributed by atoms with Crippen LogP contribution in [0.1, 0.15) is 46.2 Å². The zero-order chi connectivity index (χ0) is 21.8. The predicted molar refractivity (Wildman–Crippen MR) is 120 cm³/mol. The lowest BCUT2D eigenvalue weighted by Crippen LogP contribution is -2.47. The van der Waals surface area contributed by atoms with Crippen molar-refractivity contribution in [1.29, 1.82) is 0 Å². The Morgan fingerprint density at radius 1 is 1.34 bits per heavy atom. The molecule has 0 bridgehead atoms. The van der Waals surface area contributed by atoms with Crippen LogP contribution in [-0.4, -0.2) is 40.9 Å². The quantitative estimate of drug-likeness (QED) is 0.382. The van der Waals surface area contributed by atoms with Crippen LogP contribution in [0.5, 0.6) is 0 Å². The molecule has 1 heterocycles. The van der Waals surface area contributed by atoms with Crippen molar-refractivity contribution in [1.82, 2.24) is 10.2 Å². The minimum Gasteiger partial charge on any atom is -0.463 e. The zero-order valence-corrected chi connectivity index (χ0v) is 19.0. The number of anilines is 1. The molecule has 0 spiro atoms. The molecule has 2 N–H and O–H groups in total. The van der Waals surface area contributed by atoms with Gasteiger partial charge in [0.05, 0.1) is 23.6 Å². The van der Waals surface area contributed by atoms with Gasteiger partial charge in [0.2, 0.25) is 5.91 Å². The summed E-state index contributed by atoms with van der Waals surface area (Å²) in [5.74, 6) is -0.355. The van der Waals surface area contributed by atoms with Crippen molar-refractivity contribution in [3.05, 3.63) is 41.1 Å². The van der Waals surface area contributed by atoms with Gasteiger partial charge in [-0.1, -0.05) is 12.1 Å². The second-order valence-corrected chi connectivity index (χ2v) is 8.10. The number of rotatable bonds is 7. The minimum atomic E-state index is -0.698. The lowest BCUT2D eigenvalue weighted by Gasteiger charge is -2.37. The molecule has 0 saturated carbocycles. The Bertz CT molecular complexity index is 838. The van der Waals surface area contributed by atoms with Crippen molar-refractivity contribution < 1.29 is 14.3 Å². The van der Waals surface area contributed by atoms with Gasteiger partial charge in [-0.3, -0.25) is 4.79 Å². The predicted octanol–water partition coefficient (Wildman–Crippen LogP) is 3.98. The van der Waals surface area contributed by atoms with Crippen molar-refractivity contribution in [3.63, 3.8) is 0 Å². The molecule has 2 rings (SSSR count). The summed E-state index contributed by atoms with van der Waals surface area (Å²) in [5, 5.41) is 6.68. The summed E-state index contributed by atoms with van der Waals surface area (Å²) in [4.78, 5) is 27.1. The monoisotopic (exact) mass is 437 g/mol. The third-order valence-electron chi connectivity index (χ3n) is 4.83. The molecular weight excluding hydrogens is 410 g/mol. The maximum Gasteiger partial charge on any atom is 0.338 e. The van der Waals surface area contributed by atoms with E-state index in [0.29, 0.717) is 22.9 Å². The fourth-order valence-corrected chi connectivity index (χ4v) is 3.55. The van der Waals surface area contributed by atoms with E-state index in [9.17, 15) is 9.59 Å². The molecule has 1 unspecified atom stereocenters. The van der Waals surface area contributed by atoms with Crippen molar-refractivity contribution >= 4 is 46.5 Å². The van der Waals surface area contributed by atoms with Gasteiger partial charge in [-0.25, -0.2) is 4.79 Å². The van der Waals surface area contributed by atoms with E-state index < -0.39 is 11.5 Å². The average Bonchev–Trinajstić information content (AvgIpc) is 2.68. The Kier molecular flexibility index (Phi) is 7.66. The molecule has 1 aliphatic rings. The third kappa shape index (κ3) is 5.08. The molecule has 1 aliphatic heterocycles. The summed E-state index contributed by atoms with van der Waals surface area (Å²) in [6, 6.07) is 6.87. The Balaban J connectivity index is 2.43. The first-order valence-corrected chi connectivity index (χ1v) is 10.5. The van der Waals surface area contributed by atoms with Crippen LogP contribution in [0.15, 0.2) is 35.5 Å². The topological polar surface area (TPSA) is 70.7 Å². The molecule has 0 radical (unpaired) electrons. The molecule has 0 fully saturated rings. The van der Waals surface area contributed by atoms with Gasteiger partial charge < -0.3 is 20.3 Å². The molecule has 0 saturated heterocycles. The number of nitrogens with one attached hydrogen (secondary N) is 2. The summed E-state index contributed by atoms with van der Waals surface area (Å²) in [7, 11) is 0. The summed E-state index contributed by atoms with van der Waals surface area (Å²) in [6.07, 6.45) is 0. The van der Waals surface area contributed by atoms with E-state index in [1.54, 1.807) is 26.8 Å². The number of allylic oxidation sites excluding steroid dienone is 1. The summed E-state index contributed by atoms with van der Waals surface area (Å²) in [6.45, 7) is 10.1. The lowest BCUT2D eigenvalue weighted by molar-refractivity contribution is -0.139. The van der Waals surface area contributed by atoms with E-state index >= 15 is 0 Å². The maximum atomic E-state index is 12.7. The van der Waals surface area contributed by atoms with Gasteiger partial charge in [0.25, 0.3) is 0 Å². The van der Waals surface area contributed by atoms with Gasteiger partial charge in [0.15, 0.2) is 5.11 Å². The van der Waals surface area contributed by atoms with Crippen LogP contribution < -0.4 is 10.6 Å². The first kappa shape index (κ1) is 23.2. The lowest BCUT2D eigenvalue weighted by atomic mass is 9.93. The van der Waals surface area contributed by atoms with Crippen LogP contribution >= 0.6 is 23.8 Å². The van der Waals surface area contributed by atoms with Crippen molar-refractivity contribution in [2.24, 2.45) is 5.41 Å². The fraction of sp³-hybridized carbons (Fsp3) is 0.476. The van der Waals surface area contributed by atoms with Gasteiger partial charge in [0, 0.05) is 23.8 Å². The van der Waals surface area contributed by atoms with Crippen molar-refractivity contribution in [2.75, 3.05) is 24.3 Å². The first-order valence-electron chi connectivity index (χ1n) is 9.59. The van der Waals surface area contributed by atoms with Gasteiger partial charge in [-0.2, -0.15) is 0 Å². The van der Waals surface area contributed by atoms with Crippen molar-refractivity contribution in [2.45, 2.75) is 40.7 Å². The van der Waals surface area contributed by atoms with E-state index in [1.807, 2.05) is 36.9 Å². The van der Waals surface area contributed by atoms with Crippen LogP contribution in [0.4, 0.5) is 5.69 Å². The van der Waals surface area contributed by atoms with Gasteiger partial charge >= 0.3 is 5.97 Å². The van der Waals surface area contributed by atoms with Gasteiger partial charge in [0.1, 0.15) is 0 Å². The number of hydrogen-bond donors (Lipinski definition) is 2. The molecule has 6 nitrogen and oxygen atoms in total. The smallest absolute Gasteiger partial charge is 0.338 e. The number of halogens is 1.